The molecule has 0 aromatic heterocycles. The van der Waals surface area contributed by atoms with Crippen LogP contribution in [-0.2, 0) is 14.8 Å². The van der Waals surface area contributed by atoms with Crippen molar-refractivity contribution in [3.05, 3.63) is 28.3 Å². The molecule has 1 fully saturated rings. The molecule has 126 valence electrons. The van der Waals surface area contributed by atoms with Gasteiger partial charge in [-0.3, -0.25) is 14.9 Å². The number of sulfonamides is 1. The Morgan fingerprint density at radius 3 is 2.61 bits per heavy atom. The molecule has 1 heterocycles. The van der Waals surface area contributed by atoms with Crippen LogP contribution in [0.15, 0.2) is 23.1 Å². The highest BCUT2D eigenvalue weighted by atomic mass is 32.2. The summed E-state index contributed by atoms with van der Waals surface area (Å²) in [5.41, 5.74) is -0.211. The Bertz CT molecular complexity index is 748. The summed E-state index contributed by atoms with van der Waals surface area (Å²) in [6.07, 6.45) is 0.464. The van der Waals surface area contributed by atoms with Gasteiger partial charge in [-0.1, -0.05) is 6.92 Å². The quantitative estimate of drug-likeness (QED) is 0.607. The van der Waals surface area contributed by atoms with Gasteiger partial charge in [-0.15, -0.1) is 0 Å². The molecule has 2 atom stereocenters. The summed E-state index contributed by atoms with van der Waals surface area (Å²) in [7, 11) is -4.09. The van der Waals surface area contributed by atoms with Crippen LogP contribution in [0.3, 0.4) is 0 Å². The van der Waals surface area contributed by atoms with Crippen molar-refractivity contribution in [2.75, 3.05) is 18.0 Å². The van der Waals surface area contributed by atoms with Gasteiger partial charge in [-0.05, 0) is 18.4 Å². The fourth-order valence-electron chi connectivity index (χ4n) is 2.83. The number of nitrogens with two attached hydrogens (primary N) is 1. The Labute approximate surface area is 132 Å². The number of nitro groups is 1. The number of rotatable bonds is 4. The summed E-state index contributed by atoms with van der Waals surface area (Å²) in [5, 5.41) is 25.3. The Balaban J connectivity index is 2.52. The molecule has 0 aliphatic carbocycles. The summed E-state index contributed by atoms with van der Waals surface area (Å²) in [4.78, 5) is 22.9. The molecule has 0 amide bonds. The number of hydrogen-bond donors (Lipinski definition) is 2. The summed E-state index contributed by atoms with van der Waals surface area (Å²) in [6.45, 7) is 2.31. The monoisotopic (exact) mass is 343 g/mol. The van der Waals surface area contributed by atoms with E-state index in [1.54, 1.807) is 4.90 Å². The summed E-state index contributed by atoms with van der Waals surface area (Å²) in [6, 6.07) is 3.26. The lowest BCUT2D eigenvalue weighted by molar-refractivity contribution is -0.384. The topological polar surface area (TPSA) is 144 Å². The van der Waals surface area contributed by atoms with Crippen molar-refractivity contribution in [1.29, 1.82) is 0 Å². The lowest BCUT2D eigenvalue weighted by Crippen LogP contribution is -2.43. The van der Waals surface area contributed by atoms with Crippen molar-refractivity contribution in [1.82, 2.24) is 0 Å². The van der Waals surface area contributed by atoms with Gasteiger partial charge in [0.25, 0.3) is 5.69 Å². The standard InChI is InChI=1S/C13H17N3O6S/c1-8-4-9(13(17)18)7-15(6-8)11-5-10(16(19)20)2-3-12(11)23(14,21)22/h2-3,5,8-9H,4,6-7H2,1H3,(H,17,18)(H2,14,21,22). The normalized spacial score (nSPS) is 21.9. The molecule has 23 heavy (non-hydrogen) atoms. The van der Waals surface area contributed by atoms with Gasteiger partial charge >= 0.3 is 5.97 Å². The van der Waals surface area contributed by atoms with E-state index >= 15 is 0 Å². The second-order valence-corrected chi connectivity index (χ2v) is 7.27. The summed E-state index contributed by atoms with van der Waals surface area (Å²) < 4.78 is 23.5. The van der Waals surface area contributed by atoms with Crippen LogP contribution in [0.4, 0.5) is 11.4 Å². The lowest BCUT2D eigenvalue weighted by Gasteiger charge is -2.36. The zero-order valence-electron chi connectivity index (χ0n) is 12.4. The van der Waals surface area contributed by atoms with E-state index in [2.05, 4.69) is 0 Å². The third kappa shape index (κ3) is 3.77. The second-order valence-electron chi connectivity index (χ2n) is 5.74. The van der Waals surface area contributed by atoms with E-state index in [-0.39, 0.29) is 28.7 Å². The molecule has 0 spiro atoms. The minimum Gasteiger partial charge on any atom is -0.481 e. The van der Waals surface area contributed by atoms with Gasteiger partial charge in [0.1, 0.15) is 4.90 Å². The molecular weight excluding hydrogens is 326 g/mol. The minimum atomic E-state index is -4.09. The number of carbonyl (C=O) groups is 1. The lowest BCUT2D eigenvalue weighted by atomic mass is 9.90. The van der Waals surface area contributed by atoms with Crippen molar-refractivity contribution in [3.63, 3.8) is 0 Å². The molecule has 1 aromatic carbocycles. The summed E-state index contributed by atoms with van der Waals surface area (Å²) >= 11 is 0. The van der Waals surface area contributed by atoms with Gasteiger partial charge in [0.2, 0.25) is 10.0 Å². The minimum absolute atomic E-state index is 0.00237. The van der Waals surface area contributed by atoms with Gasteiger partial charge in [-0.25, -0.2) is 13.6 Å². The van der Waals surface area contributed by atoms with Crippen LogP contribution in [-0.4, -0.2) is 37.5 Å². The number of anilines is 1. The Morgan fingerprint density at radius 2 is 2.09 bits per heavy atom. The van der Waals surface area contributed by atoms with Crippen LogP contribution >= 0.6 is 0 Å². The highest BCUT2D eigenvalue weighted by molar-refractivity contribution is 7.89. The van der Waals surface area contributed by atoms with E-state index in [4.69, 9.17) is 5.14 Å². The van der Waals surface area contributed by atoms with E-state index in [1.807, 2.05) is 6.92 Å². The number of benzene rings is 1. The largest absolute Gasteiger partial charge is 0.481 e. The first-order valence-corrected chi connectivity index (χ1v) is 8.43. The van der Waals surface area contributed by atoms with Crippen molar-refractivity contribution in [2.24, 2.45) is 17.0 Å². The van der Waals surface area contributed by atoms with Crippen molar-refractivity contribution in [2.45, 2.75) is 18.2 Å². The first-order chi connectivity index (χ1) is 10.6. The maximum atomic E-state index is 11.7. The number of primary sulfonamides is 1. The Hall–Kier alpha value is -2.20. The van der Waals surface area contributed by atoms with Gasteiger partial charge in [0.15, 0.2) is 0 Å². The molecule has 0 radical (unpaired) electrons. The zero-order chi connectivity index (χ0) is 17.4. The van der Waals surface area contributed by atoms with Gasteiger partial charge in [0, 0.05) is 25.2 Å². The number of hydrogen-bond acceptors (Lipinski definition) is 6. The van der Waals surface area contributed by atoms with Crippen molar-refractivity contribution in [3.8, 4) is 0 Å². The maximum absolute atomic E-state index is 11.7. The van der Waals surface area contributed by atoms with Gasteiger partial charge < -0.3 is 10.0 Å². The van der Waals surface area contributed by atoms with E-state index < -0.39 is 26.8 Å². The highest BCUT2D eigenvalue weighted by Crippen LogP contribution is 2.33. The number of nitrogens with zero attached hydrogens (tertiary/aromatic N) is 2. The molecule has 0 saturated carbocycles. The molecule has 1 aromatic rings. The first kappa shape index (κ1) is 17.2. The molecule has 9 nitrogen and oxygen atoms in total. The predicted octanol–water partition coefficient (Wildman–Crippen LogP) is 0.789. The van der Waals surface area contributed by atoms with E-state index in [0.717, 1.165) is 18.2 Å². The van der Waals surface area contributed by atoms with Gasteiger partial charge in [-0.2, -0.15) is 0 Å². The zero-order valence-corrected chi connectivity index (χ0v) is 13.2. The van der Waals surface area contributed by atoms with Crippen molar-refractivity contribution >= 4 is 27.4 Å². The third-order valence-electron chi connectivity index (χ3n) is 3.81. The number of carboxylic acids is 1. The number of carboxylic acid groups (broad SMARTS) is 1. The molecule has 0 bridgehead atoms. The molecule has 2 rings (SSSR count). The smallest absolute Gasteiger partial charge is 0.308 e. The van der Waals surface area contributed by atoms with E-state index in [9.17, 15) is 28.4 Å². The van der Waals surface area contributed by atoms with Gasteiger partial charge in [0.05, 0.1) is 16.5 Å². The average molecular weight is 343 g/mol. The molecule has 3 N–H and O–H groups in total. The van der Waals surface area contributed by atoms with Crippen LogP contribution < -0.4 is 10.0 Å². The van der Waals surface area contributed by atoms with Crippen LogP contribution in [0.25, 0.3) is 0 Å². The van der Waals surface area contributed by atoms with E-state index in [1.165, 1.54) is 0 Å². The predicted molar refractivity (Wildman–Crippen MR) is 81.6 cm³/mol. The number of non-ortho nitro benzene ring substituents is 1. The first-order valence-electron chi connectivity index (χ1n) is 6.88. The number of nitro benzene ring substituents is 1. The average Bonchev–Trinajstić information content (AvgIpc) is 2.44. The summed E-state index contributed by atoms with van der Waals surface area (Å²) in [5.74, 6) is -1.66. The third-order valence-corrected chi connectivity index (χ3v) is 4.77. The molecular formula is C13H17N3O6S. The fraction of sp³-hybridized carbons (Fsp3) is 0.462. The van der Waals surface area contributed by atoms with Crippen LogP contribution in [0, 0.1) is 22.0 Å². The molecule has 1 aliphatic heterocycles. The maximum Gasteiger partial charge on any atom is 0.308 e. The number of piperidine rings is 1. The van der Waals surface area contributed by atoms with Crippen LogP contribution in [0.1, 0.15) is 13.3 Å². The molecule has 2 unspecified atom stereocenters. The number of aliphatic carboxylic acids is 1. The van der Waals surface area contributed by atoms with Crippen LogP contribution in [0.5, 0.6) is 0 Å². The van der Waals surface area contributed by atoms with E-state index in [0.29, 0.717) is 13.0 Å². The Kier molecular flexibility index (Phi) is 4.57. The molecule has 1 saturated heterocycles. The van der Waals surface area contributed by atoms with Crippen molar-refractivity contribution < 1.29 is 23.2 Å². The molecule has 10 heteroatoms. The fourth-order valence-corrected chi connectivity index (χ4v) is 3.57. The highest BCUT2D eigenvalue weighted by Gasteiger charge is 2.32. The van der Waals surface area contributed by atoms with Crippen LogP contribution in [0.2, 0.25) is 0 Å². The second kappa shape index (κ2) is 6.13. The Morgan fingerprint density at radius 1 is 1.43 bits per heavy atom. The molecule has 1 aliphatic rings. The SMILES string of the molecule is CC1CC(C(=O)O)CN(c2cc([N+](=O)[O-])ccc2S(N)(=O)=O)C1.